The standard InChI is InChI=1S/C14H13ClN2O3/c1-8-7-9(15)3-4-11(8)20-13-12(16)10(5-6-17-13)14(18)19-2/h3-7H,16H2,1-2H3. The number of carbonyl (C=O) groups excluding carboxylic acids is 1. The van der Waals surface area contributed by atoms with Crippen LogP contribution in [-0.2, 0) is 4.74 Å². The number of hydrogen-bond donors (Lipinski definition) is 1. The molecule has 1 aromatic carbocycles. The molecule has 0 unspecified atom stereocenters. The topological polar surface area (TPSA) is 74.4 Å². The zero-order chi connectivity index (χ0) is 14.7. The van der Waals surface area contributed by atoms with Gasteiger partial charge in [-0.15, -0.1) is 0 Å². The zero-order valence-electron chi connectivity index (χ0n) is 11.0. The van der Waals surface area contributed by atoms with E-state index in [9.17, 15) is 4.79 Å². The second-order valence-corrected chi connectivity index (χ2v) is 4.52. The third-order valence-electron chi connectivity index (χ3n) is 2.70. The summed E-state index contributed by atoms with van der Waals surface area (Å²) in [6.07, 6.45) is 1.43. The van der Waals surface area contributed by atoms with Gasteiger partial charge in [0.1, 0.15) is 11.4 Å². The first-order valence-corrected chi connectivity index (χ1v) is 6.17. The fraction of sp³-hybridized carbons (Fsp3) is 0.143. The number of methoxy groups -OCH3 is 1. The van der Waals surface area contributed by atoms with Crippen molar-refractivity contribution in [1.82, 2.24) is 4.98 Å². The summed E-state index contributed by atoms with van der Waals surface area (Å²) in [5.41, 5.74) is 7.05. The fourth-order valence-corrected chi connectivity index (χ4v) is 1.88. The normalized spacial score (nSPS) is 10.2. The Hall–Kier alpha value is -2.27. The molecule has 20 heavy (non-hydrogen) atoms. The average Bonchev–Trinajstić information content (AvgIpc) is 2.43. The molecule has 2 aromatic rings. The lowest BCUT2D eigenvalue weighted by molar-refractivity contribution is 0.0601. The predicted molar refractivity (Wildman–Crippen MR) is 76.3 cm³/mol. The van der Waals surface area contributed by atoms with Gasteiger partial charge in [-0.2, -0.15) is 0 Å². The number of aryl methyl sites for hydroxylation is 1. The van der Waals surface area contributed by atoms with Crippen molar-refractivity contribution in [3.63, 3.8) is 0 Å². The number of nitrogens with zero attached hydrogens (tertiary/aromatic N) is 1. The van der Waals surface area contributed by atoms with Crippen LogP contribution in [0.3, 0.4) is 0 Å². The Balaban J connectivity index is 2.37. The van der Waals surface area contributed by atoms with E-state index in [1.807, 2.05) is 6.92 Å². The maximum absolute atomic E-state index is 11.5. The van der Waals surface area contributed by atoms with Crippen LogP contribution in [0.4, 0.5) is 5.69 Å². The molecule has 1 aromatic heterocycles. The Labute approximate surface area is 121 Å². The summed E-state index contributed by atoms with van der Waals surface area (Å²) in [6, 6.07) is 6.65. The van der Waals surface area contributed by atoms with E-state index < -0.39 is 5.97 Å². The first-order valence-electron chi connectivity index (χ1n) is 5.79. The number of anilines is 1. The largest absolute Gasteiger partial charge is 0.465 e. The fourth-order valence-electron chi connectivity index (χ4n) is 1.65. The number of benzene rings is 1. The average molecular weight is 293 g/mol. The number of carbonyl (C=O) groups is 1. The maximum atomic E-state index is 11.5. The molecule has 0 saturated heterocycles. The second kappa shape index (κ2) is 5.79. The van der Waals surface area contributed by atoms with Gasteiger partial charge in [0.05, 0.1) is 12.7 Å². The molecule has 0 aliphatic heterocycles. The minimum Gasteiger partial charge on any atom is -0.465 e. The molecular weight excluding hydrogens is 280 g/mol. The van der Waals surface area contributed by atoms with E-state index in [0.717, 1.165) is 5.56 Å². The van der Waals surface area contributed by atoms with Crippen LogP contribution in [-0.4, -0.2) is 18.1 Å². The van der Waals surface area contributed by atoms with Crippen LogP contribution in [0.5, 0.6) is 11.6 Å². The first-order chi connectivity index (χ1) is 9.52. The van der Waals surface area contributed by atoms with Crippen molar-refractivity contribution in [1.29, 1.82) is 0 Å². The Morgan fingerprint density at radius 2 is 2.10 bits per heavy atom. The maximum Gasteiger partial charge on any atom is 0.340 e. The Kier molecular flexibility index (Phi) is 4.10. The molecule has 0 fully saturated rings. The summed E-state index contributed by atoms with van der Waals surface area (Å²) in [4.78, 5) is 15.6. The van der Waals surface area contributed by atoms with Crippen molar-refractivity contribution < 1.29 is 14.3 Å². The Morgan fingerprint density at radius 3 is 2.75 bits per heavy atom. The van der Waals surface area contributed by atoms with Crippen molar-refractivity contribution in [3.8, 4) is 11.6 Å². The van der Waals surface area contributed by atoms with Crippen LogP contribution >= 0.6 is 11.6 Å². The highest BCUT2D eigenvalue weighted by atomic mass is 35.5. The highest BCUT2D eigenvalue weighted by Gasteiger charge is 2.15. The number of nitrogens with two attached hydrogens (primary N) is 1. The third kappa shape index (κ3) is 2.83. The molecule has 2 rings (SSSR count). The summed E-state index contributed by atoms with van der Waals surface area (Å²) >= 11 is 5.88. The highest BCUT2D eigenvalue weighted by Crippen LogP contribution is 2.31. The molecule has 0 aliphatic carbocycles. The molecule has 1 heterocycles. The van der Waals surface area contributed by atoms with E-state index in [-0.39, 0.29) is 17.1 Å². The first kappa shape index (κ1) is 14.1. The van der Waals surface area contributed by atoms with Crippen LogP contribution in [0.2, 0.25) is 5.02 Å². The minimum atomic E-state index is -0.539. The summed E-state index contributed by atoms with van der Waals surface area (Å²) in [7, 11) is 1.28. The molecule has 2 N–H and O–H groups in total. The number of rotatable bonds is 3. The predicted octanol–water partition coefficient (Wildman–Crippen LogP) is 3.20. The summed E-state index contributed by atoms with van der Waals surface area (Å²) in [5, 5.41) is 0.610. The molecule has 0 atom stereocenters. The zero-order valence-corrected chi connectivity index (χ0v) is 11.8. The van der Waals surface area contributed by atoms with Gasteiger partial charge in [0, 0.05) is 11.2 Å². The summed E-state index contributed by atoms with van der Waals surface area (Å²) < 4.78 is 10.3. The molecule has 104 valence electrons. The van der Waals surface area contributed by atoms with Crippen molar-refractivity contribution in [2.75, 3.05) is 12.8 Å². The Morgan fingerprint density at radius 1 is 1.35 bits per heavy atom. The highest BCUT2D eigenvalue weighted by molar-refractivity contribution is 6.30. The van der Waals surface area contributed by atoms with Crippen LogP contribution in [0.15, 0.2) is 30.5 Å². The second-order valence-electron chi connectivity index (χ2n) is 4.08. The van der Waals surface area contributed by atoms with Crippen molar-refractivity contribution >= 4 is 23.3 Å². The minimum absolute atomic E-state index is 0.133. The van der Waals surface area contributed by atoms with Gasteiger partial charge in [-0.25, -0.2) is 9.78 Å². The van der Waals surface area contributed by atoms with Gasteiger partial charge in [0.2, 0.25) is 5.88 Å². The van der Waals surface area contributed by atoms with Gasteiger partial charge in [-0.05, 0) is 36.8 Å². The molecule has 6 heteroatoms. The molecule has 0 spiro atoms. The number of hydrogen-bond acceptors (Lipinski definition) is 5. The van der Waals surface area contributed by atoms with Crippen LogP contribution in [0, 0.1) is 6.92 Å². The number of ether oxygens (including phenoxy) is 2. The molecule has 0 saturated carbocycles. The smallest absolute Gasteiger partial charge is 0.340 e. The SMILES string of the molecule is COC(=O)c1ccnc(Oc2ccc(Cl)cc2C)c1N. The van der Waals surface area contributed by atoms with E-state index in [2.05, 4.69) is 9.72 Å². The monoisotopic (exact) mass is 292 g/mol. The molecule has 5 nitrogen and oxygen atoms in total. The Bertz CT molecular complexity index is 659. The lowest BCUT2D eigenvalue weighted by Crippen LogP contribution is -2.07. The van der Waals surface area contributed by atoms with E-state index in [1.54, 1.807) is 18.2 Å². The van der Waals surface area contributed by atoms with E-state index >= 15 is 0 Å². The number of nitrogen functional groups attached to an aromatic ring is 1. The number of halogens is 1. The summed E-state index contributed by atoms with van der Waals surface area (Å²) in [5.74, 6) is 0.177. The molecule has 0 aliphatic rings. The lowest BCUT2D eigenvalue weighted by atomic mass is 10.2. The van der Waals surface area contributed by atoms with E-state index in [1.165, 1.54) is 19.4 Å². The van der Waals surface area contributed by atoms with Gasteiger partial charge >= 0.3 is 5.97 Å². The van der Waals surface area contributed by atoms with Gasteiger partial charge in [0.15, 0.2) is 0 Å². The van der Waals surface area contributed by atoms with Gasteiger partial charge in [-0.1, -0.05) is 11.6 Å². The quantitative estimate of drug-likeness (QED) is 0.879. The van der Waals surface area contributed by atoms with Gasteiger partial charge < -0.3 is 15.2 Å². The molecule has 0 amide bonds. The van der Waals surface area contributed by atoms with E-state index in [4.69, 9.17) is 22.1 Å². The van der Waals surface area contributed by atoms with Crippen LogP contribution in [0.25, 0.3) is 0 Å². The molecule has 0 radical (unpaired) electrons. The van der Waals surface area contributed by atoms with Crippen molar-refractivity contribution in [3.05, 3.63) is 46.6 Å². The van der Waals surface area contributed by atoms with Crippen LogP contribution < -0.4 is 10.5 Å². The number of esters is 1. The van der Waals surface area contributed by atoms with Crippen molar-refractivity contribution in [2.24, 2.45) is 0 Å². The third-order valence-corrected chi connectivity index (χ3v) is 2.94. The van der Waals surface area contributed by atoms with Crippen LogP contribution in [0.1, 0.15) is 15.9 Å². The summed E-state index contributed by atoms with van der Waals surface area (Å²) in [6.45, 7) is 1.85. The number of aromatic nitrogens is 1. The van der Waals surface area contributed by atoms with E-state index in [0.29, 0.717) is 10.8 Å². The molecular formula is C14H13ClN2O3. The van der Waals surface area contributed by atoms with Crippen molar-refractivity contribution in [2.45, 2.75) is 6.92 Å². The number of pyridine rings is 1. The van der Waals surface area contributed by atoms with Gasteiger partial charge in [-0.3, -0.25) is 0 Å². The lowest BCUT2D eigenvalue weighted by Gasteiger charge is -2.11. The molecule has 0 bridgehead atoms. The van der Waals surface area contributed by atoms with Gasteiger partial charge in [0.25, 0.3) is 0 Å².